The zero-order chi connectivity index (χ0) is 24.1. The molecule has 0 unspecified atom stereocenters. The van der Waals surface area contributed by atoms with Crippen LogP contribution < -0.4 is 20.9 Å². The van der Waals surface area contributed by atoms with E-state index in [0.717, 1.165) is 31.2 Å². The van der Waals surface area contributed by atoms with E-state index in [1.807, 2.05) is 12.1 Å². The van der Waals surface area contributed by atoms with Crippen molar-refractivity contribution in [1.82, 2.24) is 36.6 Å². The summed E-state index contributed by atoms with van der Waals surface area (Å²) in [5.74, 6) is -1.22. The second-order valence-corrected chi connectivity index (χ2v) is 8.35. The Morgan fingerprint density at radius 2 is 1.91 bits per heavy atom. The van der Waals surface area contributed by atoms with Crippen LogP contribution >= 0.6 is 0 Å². The van der Waals surface area contributed by atoms with E-state index >= 15 is 0 Å². The fourth-order valence-corrected chi connectivity index (χ4v) is 4.62. The van der Waals surface area contributed by atoms with Gasteiger partial charge in [0.25, 0.3) is 0 Å². The predicted molar refractivity (Wildman–Crippen MR) is 117 cm³/mol. The minimum absolute atomic E-state index is 0.0465. The van der Waals surface area contributed by atoms with Crippen molar-refractivity contribution in [2.24, 2.45) is 5.92 Å². The number of carbonyl (C=O) groups is 4. The molecule has 2 aliphatic rings. The molecule has 2 heterocycles. The molecule has 13 heteroatoms. The zero-order valence-corrected chi connectivity index (χ0v) is 18.4. The summed E-state index contributed by atoms with van der Waals surface area (Å²) in [6.45, 7) is -0.322. The van der Waals surface area contributed by atoms with Crippen molar-refractivity contribution in [3.05, 3.63) is 35.7 Å². The second-order valence-electron chi connectivity index (χ2n) is 8.35. The van der Waals surface area contributed by atoms with Crippen LogP contribution in [0.15, 0.2) is 24.3 Å². The van der Waals surface area contributed by atoms with Crippen molar-refractivity contribution in [2.45, 2.75) is 50.7 Å². The molecule has 0 bridgehead atoms. The highest BCUT2D eigenvalue weighted by Gasteiger charge is 2.39. The van der Waals surface area contributed by atoms with E-state index in [4.69, 9.17) is 5.11 Å². The van der Waals surface area contributed by atoms with Crippen molar-refractivity contribution < 1.29 is 24.3 Å². The van der Waals surface area contributed by atoms with Gasteiger partial charge in [0.1, 0.15) is 12.1 Å². The molecule has 13 nitrogen and oxygen atoms in total. The molecule has 2 aromatic rings. The number of tetrazole rings is 1. The monoisotopic (exact) mass is 470 g/mol. The Balaban J connectivity index is 1.43. The van der Waals surface area contributed by atoms with Crippen LogP contribution in [0, 0.1) is 5.92 Å². The molecule has 1 aliphatic heterocycles. The van der Waals surface area contributed by atoms with E-state index in [0.29, 0.717) is 17.9 Å². The normalized spacial score (nSPS) is 18.2. The molecule has 0 saturated heterocycles. The molecule has 1 saturated carbocycles. The number of anilines is 1. The molecule has 4 amide bonds. The van der Waals surface area contributed by atoms with Crippen molar-refractivity contribution in [2.75, 3.05) is 11.4 Å². The number of benzene rings is 1. The average Bonchev–Trinajstić information content (AvgIpc) is 3.59. The topological polar surface area (TPSA) is 182 Å². The Labute approximate surface area is 194 Å². The van der Waals surface area contributed by atoms with Gasteiger partial charge >= 0.3 is 6.09 Å². The van der Waals surface area contributed by atoms with Crippen LogP contribution in [0.25, 0.3) is 0 Å². The Morgan fingerprint density at radius 1 is 1.15 bits per heavy atom. The highest BCUT2D eigenvalue weighted by Crippen LogP contribution is 2.32. The van der Waals surface area contributed by atoms with Gasteiger partial charge in [0, 0.05) is 12.1 Å². The fraction of sp³-hybridized carbons (Fsp3) is 0.476. The molecule has 1 aliphatic carbocycles. The van der Waals surface area contributed by atoms with Crippen LogP contribution in [-0.4, -0.2) is 68.2 Å². The van der Waals surface area contributed by atoms with Gasteiger partial charge in [0.15, 0.2) is 5.82 Å². The van der Waals surface area contributed by atoms with Gasteiger partial charge in [-0.3, -0.25) is 19.3 Å². The highest BCUT2D eigenvalue weighted by atomic mass is 16.4. The summed E-state index contributed by atoms with van der Waals surface area (Å²) in [7, 11) is 0. The zero-order valence-electron chi connectivity index (χ0n) is 18.4. The maximum absolute atomic E-state index is 13.2. The largest absolute Gasteiger partial charge is 0.465 e. The third-order valence-electron chi connectivity index (χ3n) is 6.20. The minimum Gasteiger partial charge on any atom is -0.465 e. The quantitative estimate of drug-likeness (QED) is 0.349. The number of hydrogen-bond donors (Lipinski definition) is 5. The maximum Gasteiger partial charge on any atom is 0.405 e. The third-order valence-corrected chi connectivity index (χ3v) is 6.20. The third kappa shape index (κ3) is 5.13. The van der Waals surface area contributed by atoms with Crippen LogP contribution in [0.5, 0.6) is 0 Å². The lowest BCUT2D eigenvalue weighted by atomic mass is 9.97. The highest BCUT2D eigenvalue weighted by molar-refractivity contribution is 6.05. The first-order valence-electron chi connectivity index (χ1n) is 11.1. The Kier molecular flexibility index (Phi) is 6.99. The van der Waals surface area contributed by atoms with Crippen LogP contribution in [0.3, 0.4) is 0 Å². The lowest BCUT2D eigenvalue weighted by molar-refractivity contribution is -0.128. The molecule has 1 aromatic carbocycles. The number of carbonyl (C=O) groups excluding carboxylic acids is 3. The van der Waals surface area contributed by atoms with Gasteiger partial charge in [-0.2, -0.15) is 5.21 Å². The van der Waals surface area contributed by atoms with Crippen LogP contribution in [-0.2, 0) is 27.3 Å². The minimum atomic E-state index is -1.29. The van der Waals surface area contributed by atoms with Gasteiger partial charge in [-0.25, -0.2) is 4.79 Å². The number of nitrogens with one attached hydrogen (secondary N) is 4. The van der Waals surface area contributed by atoms with E-state index in [-0.39, 0.29) is 19.0 Å². The van der Waals surface area contributed by atoms with Crippen molar-refractivity contribution in [3.63, 3.8) is 0 Å². The predicted octanol–water partition coefficient (Wildman–Crippen LogP) is -0.284. The number of fused-ring (bicyclic) bond motifs is 1. The smallest absolute Gasteiger partial charge is 0.405 e. The van der Waals surface area contributed by atoms with Crippen LogP contribution in [0.4, 0.5) is 10.5 Å². The molecule has 4 rings (SSSR count). The first-order valence-corrected chi connectivity index (χ1v) is 11.1. The van der Waals surface area contributed by atoms with Gasteiger partial charge in [0.05, 0.1) is 13.1 Å². The lowest BCUT2D eigenvalue weighted by Gasteiger charge is -2.26. The summed E-state index contributed by atoms with van der Waals surface area (Å²) in [5.41, 5.74) is 1.43. The Morgan fingerprint density at radius 3 is 2.62 bits per heavy atom. The summed E-state index contributed by atoms with van der Waals surface area (Å²) >= 11 is 0. The Hall–Kier alpha value is -4.03. The van der Waals surface area contributed by atoms with E-state index in [9.17, 15) is 19.2 Å². The molecule has 0 spiro atoms. The molecule has 180 valence electrons. The van der Waals surface area contributed by atoms with E-state index < -0.39 is 35.9 Å². The standard InChI is InChI=1S/C21H26N8O5/c30-17(11-23-20(32)18(24-21(33)34)12-5-1-2-6-12)29-14-8-4-3-7-13(14)9-15(29)19(31)22-10-16-25-27-28-26-16/h3-4,7-8,12,15,18,24H,1-2,5-6,9-11H2,(H,22,31)(H,23,32)(H,33,34)(H,25,26,27,28)/t15-,18-/m0/s1. The molecule has 34 heavy (non-hydrogen) atoms. The number of amides is 4. The summed E-state index contributed by atoms with van der Waals surface area (Å²) < 4.78 is 0. The second kappa shape index (κ2) is 10.3. The first-order chi connectivity index (χ1) is 16.4. The molecule has 5 N–H and O–H groups in total. The van der Waals surface area contributed by atoms with E-state index in [1.165, 1.54) is 4.90 Å². The van der Waals surface area contributed by atoms with Crippen molar-refractivity contribution in [1.29, 1.82) is 0 Å². The number of carboxylic acid groups (broad SMARTS) is 1. The summed E-state index contributed by atoms with van der Waals surface area (Å²) in [6, 6.07) is 5.45. The number of nitrogens with zero attached hydrogens (tertiary/aromatic N) is 4. The summed E-state index contributed by atoms with van der Waals surface area (Å²) in [5, 5.41) is 30.0. The number of hydrogen-bond acceptors (Lipinski definition) is 7. The van der Waals surface area contributed by atoms with Gasteiger partial charge in [0.2, 0.25) is 17.7 Å². The maximum atomic E-state index is 13.2. The molecular formula is C21H26N8O5. The first kappa shape index (κ1) is 23.1. The number of para-hydroxylation sites is 1. The van der Waals surface area contributed by atoms with E-state index in [2.05, 4.69) is 36.6 Å². The molecule has 0 radical (unpaired) electrons. The van der Waals surface area contributed by atoms with E-state index in [1.54, 1.807) is 12.1 Å². The fourth-order valence-electron chi connectivity index (χ4n) is 4.62. The number of rotatable bonds is 8. The molecule has 1 aromatic heterocycles. The molecular weight excluding hydrogens is 444 g/mol. The van der Waals surface area contributed by atoms with Gasteiger partial charge in [-0.05, 0) is 30.4 Å². The summed E-state index contributed by atoms with van der Waals surface area (Å²) in [4.78, 5) is 51.4. The van der Waals surface area contributed by atoms with Crippen LogP contribution in [0.2, 0.25) is 0 Å². The van der Waals surface area contributed by atoms with Crippen molar-refractivity contribution in [3.8, 4) is 0 Å². The van der Waals surface area contributed by atoms with Crippen LogP contribution in [0.1, 0.15) is 37.1 Å². The van der Waals surface area contributed by atoms with Gasteiger partial charge in [-0.1, -0.05) is 36.3 Å². The number of aromatic amines is 1. The SMILES string of the molecule is O=C(O)N[C@H](C(=O)NCC(=O)N1c2ccccc2C[C@H]1C(=O)NCc1nn[nH]n1)C1CCCC1. The number of aromatic nitrogens is 4. The van der Waals surface area contributed by atoms with Crippen molar-refractivity contribution >= 4 is 29.5 Å². The Bertz CT molecular complexity index is 1050. The molecule has 2 atom stereocenters. The lowest BCUT2D eigenvalue weighted by Crippen LogP contribution is -2.54. The average molecular weight is 470 g/mol. The van der Waals surface area contributed by atoms with Gasteiger partial charge in [-0.15, -0.1) is 10.2 Å². The molecule has 1 fully saturated rings. The van der Waals surface area contributed by atoms with Gasteiger partial charge < -0.3 is 21.1 Å². The summed E-state index contributed by atoms with van der Waals surface area (Å²) in [6.07, 6.45) is 2.38. The number of H-pyrrole nitrogens is 1.